The number of primary sulfonamides is 1. The molecule has 0 radical (unpaired) electrons. The molecule has 0 saturated heterocycles. The molecular formula is C8H12N4O3S. The van der Waals surface area contributed by atoms with Crippen molar-refractivity contribution in [3.63, 3.8) is 0 Å². The highest BCUT2D eigenvalue weighted by Crippen LogP contribution is 2.16. The molecule has 0 fully saturated rings. The number of aromatic nitrogens is 2. The highest BCUT2D eigenvalue weighted by molar-refractivity contribution is 7.89. The molecule has 0 atom stereocenters. The van der Waals surface area contributed by atoms with Crippen LogP contribution in [0.15, 0.2) is 23.2 Å². The number of carbonyl (C=O) groups is 1. The fraction of sp³-hybridized carbons (Fsp3) is 0.250. The normalized spacial score (nSPS) is 11.9. The topological polar surface area (TPSA) is 107 Å². The molecule has 0 saturated carbocycles. The number of hydrogen-bond donors (Lipinski definition) is 2. The Morgan fingerprint density at radius 3 is 2.75 bits per heavy atom. The van der Waals surface area contributed by atoms with E-state index in [1.54, 1.807) is 6.92 Å². The summed E-state index contributed by atoms with van der Waals surface area (Å²) >= 11 is 0. The number of amides is 1. The molecule has 0 aliphatic carbocycles. The smallest absolute Gasteiger partial charge is 0.249 e. The van der Waals surface area contributed by atoms with Gasteiger partial charge in [0.05, 0.1) is 0 Å². The summed E-state index contributed by atoms with van der Waals surface area (Å²) in [5, 5.41) is 11.1. The molecule has 0 unspecified atom stereocenters. The zero-order chi connectivity index (χ0) is 12.3. The van der Waals surface area contributed by atoms with Crippen LogP contribution in [0.2, 0.25) is 0 Å². The second-order valence-corrected chi connectivity index (χ2v) is 4.58. The van der Waals surface area contributed by atoms with E-state index in [9.17, 15) is 13.2 Å². The Hall–Kier alpha value is -1.67. The van der Waals surface area contributed by atoms with Gasteiger partial charge in [0.1, 0.15) is 4.90 Å². The molecule has 88 valence electrons. The third-order valence-electron chi connectivity index (χ3n) is 1.66. The molecule has 16 heavy (non-hydrogen) atoms. The SMILES string of the molecule is CC=CC(=O)Nc1nn(C)cc1S(N)(=O)=O. The van der Waals surface area contributed by atoms with E-state index in [2.05, 4.69) is 10.4 Å². The van der Waals surface area contributed by atoms with Gasteiger partial charge in [-0.1, -0.05) is 6.08 Å². The quantitative estimate of drug-likeness (QED) is 0.704. The molecule has 1 rings (SSSR count). The van der Waals surface area contributed by atoms with Crippen LogP contribution in [0.5, 0.6) is 0 Å². The zero-order valence-electron chi connectivity index (χ0n) is 8.84. The van der Waals surface area contributed by atoms with Crippen molar-refractivity contribution in [2.45, 2.75) is 11.8 Å². The van der Waals surface area contributed by atoms with E-state index < -0.39 is 15.9 Å². The maximum Gasteiger partial charge on any atom is 0.249 e. The summed E-state index contributed by atoms with van der Waals surface area (Å²) in [6.07, 6.45) is 4.00. The molecule has 0 spiro atoms. The fourth-order valence-electron chi connectivity index (χ4n) is 1.07. The molecule has 0 aliphatic heterocycles. The molecule has 3 N–H and O–H groups in total. The van der Waals surface area contributed by atoms with Gasteiger partial charge in [0.15, 0.2) is 5.82 Å². The van der Waals surface area contributed by atoms with Gasteiger partial charge >= 0.3 is 0 Å². The first-order valence-electron chi connectivity index (χ1n) is 4.34. The van der Waals surface area contributed by atoms with Gasteiger partial charge in [-0.15, -0.1) is 0 Å². The number of allylic oxidation sites excluding steroid dienone is 1. The van der Waals surface area contributed by atoms with E-state index >= 15 is 0 Å². The van der Waals surface area contributed by atoms with Crippen molar-refractivity contribution in [2.24, 2.45) is 12.2 Å². The number of aryl methyl sites for hydroxylation is 1. The zero-order valence-corrected chi connectivity index (χ0v) is 9.65. The van der Waals surface area contributed by atoms with Crippen LogP contribution in [0.1, 0.15) is 6.92 Å². The summed E-state index contributed by atoms with van der Waals surface area (Å²) in [6, 6.07) is 0. The van der Waals surface area contributed by atoms with E-state index in [1.807, 2.05) is 0 Å². The van der Waals surface area contributed by atoms with Crippen LogP contribution in [-0.4, -0.2) is 24.1 Å². The average Bonchev–Trinajstić information content (AvgIpc) is 2.46. The van der Waals surface area contributed by atoms with Gasteiger partial charge in [0, 0.05) is 13.2 Å². The Bertz CT molecular complexity index is 529. The van der Waals surface area contributed by atoms with Crippen molar-refractivity contribution >= 4 is 21.7 Å². The van der Waals surface area contributed by atoms with E-state index in [1.165, 1.54) is 30.1 Å². The monoisotopic (exact) mass is 244 g/mol. The Labute approximate surface area is 93.0 Å². The highest BCUT2D eigenvalue weighted by atomic mass is 32.2. The third kappa shape index (κ3) is 2.91. The number of carbonyl (C=O) groups excluding carboxylic acids is 1. The number of hydrogen-bond acceptors (Lipinski definition) is 4. The van der Waals surface area contributed by atoms with Gasteiger partial charge in [-0.3, -0.25) is 9.48 Å². The molecular weight excluding hydrogens is 232 g/mol. The number of nitrogens with zero attached hydrogens (tertiary/aromatic N) is 2. The first kappa shape index (κ1) is 12.4. The van der Waals surface area contributed by atoms with Gasteiger partial charge in [-0.05, 0) is 13.0 Å². The lowest BCUT2D eigenvalue weighted by Crippen LogP contribution is -2.16. The predicted octanol–water partition coefficient (Wildman–Crippen LogP) is -0.418. The van der Waals surface area contributed by atoms with Crippen molar-refractivity contribution in [1.29, 1.82) is 0 Å². The summed E-state index contributed by atoms with van der Waals surface area (Å²) in [6.45, 7) is 1.67. The third-order valence-corrected chi connectivity index (χ3v) is 2.57. The van der Waals surface area contributed by atoms with Crippen molar-refractivity contribution in [1.82, 2.24) is 9.78 Å². The Morgan fingerprint density at radius 1 is 1.62 bits per heavy atom. The predicted molar refractivity (Wildman–Crippen MR) is 58.0 cm³/mol. The Balaban J connectivity index is 3.10. The van der Waals surface area contributed by atoms with Crippen LogP contribution in [0.3, 0.4) is 0 Å². The Morgan fingerprint density at radius 2 is 2.25 bits per heavy atom. The van der Waals surface area contributed by atoms with Gasteiger partial charge in [0.2, 0.25) is 15.9 Å². The lowest BCUT2D eigenvalue weighted by Gasteiger charge is -1.99. The van der Waals surface area contributed by atoms with Gasteiger partial charge in [0.25, 0.3) is 0 Å². The molecule has 0 bridgehead atoms. The van der Waals surface area contributed by atoms with Gasteiger partial charge < -0.3 is 5.32 Å². The molecule has 7 nitrogen and oxygen atoms in total. The molecule has 0 aromatic carbocycles. The fourth-order valence-corrected chi connectivity index (χ4v) is 1.73. The summed E-state index contributed by atoms with van der Waals surface area (Å²) in [5.74, 6) is -0.542. The van der Waals surface area contributed by atoms with Crippen LogP contribution in [0.25, 0.3) is 0 Å². The number of nitrogens with two attached hydrogens (primary N) is 1. The first-order valence-corrected chi connectivity index (χ1v) is 5.89. The number of rotatable bonds is 3. The van der Waals surface area contributed by atoms with Crippen LogP contribution in [0, 0.1) is 0 Å². The maximum atomic E-state index is 11.2. The molecule has 0 aliphatic rings. The molecule has 1 amide bonds. The number of sulfonamides is 1. The minimum atomic E-state index is -3.90. The number of nitrogens with one attached hydrogen (secondary N) is 1. The number of anilines is 1. The molecule has 1 heterocycles. The van der Waals surface area contributed by atoms with Gasteiger partial charge in [-0.2, -0.15) is 5.10 Å². The minimum Gasteiger partial charge on any atom is -0.304 e. The van der Waals surface area contributed by atoms with Crippen LogP contribution in [0.4, 0.5) is 5.82 Å². The molecule has 1 aromatic rings. The molecule has 1 aromatic heterocycles. The largest absolute Gasteiger partial charge is 0.304 e. The van der Waals surface area contributed by atoms with Crippen molar-refractivity contribution < 1.29 is 13.2 Å². The second kappa shape index (κ2) is 4.45. The average molecular weight is 244 g/mol. The Kier molecular flexibility index (Phi) is 3.45. The van der Waals surface area contributed by atoms with Crippen molar-refractivity contribution in [2.75, 3.05) is 5.32 Å². The summed E-state index contributed by atoms with van der Waals surface area (Å²) in [5.41, 5.74) is 0. The van der Waals surface area contributed by atoms with Crippen LogP contribution >= 0.6 is 0 Å². The second-order valence-electron chi connectivity index (χ2n) is 3.05. The van der Waals surface area contributed by atoms with Crippen LogP contribution in [-0.2, 0) is 21.9 Å². The standard InChI is InChI=1S/C8H12N4O3S/c1-3-4-7(13)10-8-6(16(9,14)15)5-12(2)11-8/h3-5H,1-2H3,(H2,9,14,15)(H,10,11,13). The van der Waals surface area contributed by atoms with Crippen molar-refractivity contribution in [3.8, 4) is 0 Å². The van der Waals surface area contributed by atoms with Crippen molar-refractivity contribution in [3.05, 3.63) is 18.3 Å². The summed E-state index contributed by atoms with van der Waals surface area (Å²) in [4.78, 5) is 11.0. The lowest BCUT2D eigenvalue weighted by molar-refractivity contribution is -0.111. The van der Waals surface area contributed by atoms with E-state index in [4.69, 9.17) is 5.14 Å². The van der Waals surface area contributed by atoms with E-state index in [0.717, 1.165) is 0 Å². The van der Waals surface area contributed by atoms with E-state index in [-0.39, 0.29) is 10.7 Å². The van der Waals surface area contributed by atoms with Gasteiger partial charge in [-0.25, -0.2) is 13.6 Å². The summed E-state index contributed by atoms with van der Waals surface area (Å²) < 4.78 is 23.6. The lowest BCUT2D eigenvalue weighted by atomic mass is 10.5. The highest BCUT2D eigenvalue weighted by Gasteiger charge is 2.18. The minimum absolute atomic E-state index is 0.0758. The maximum absolute atomic E-state index is 11.2. The summed E-state index contributed by atoms with van der Waals surface area (Å²) in [7, 11) is -2.37. The molecule has 8 heteroatoms. The van der Waals surface area contributed by atoms with E-state index in [0.29, 0.717) is 0 Å². The van der Waals surface area contributed by atoms with Crippen LogP contribution < -0.4 is 10.5 Å². The first-order chi connectivity index (χ1) is 7.34.